The molecule has 0 spiro atoms. The summed E-state index contributed by atoms with van der Waals surface area (Å²) in [6.45, 7) is 2.29. The van der Waals surface area contributed by atoms with Gasteiger partial charge in [-0.25, -0.2) is 0 Å². The van der Waals surface area contributed by atoms with Crippen LogP contribution in [0.25, 0.3) is 0 Å². The van der Waals surface area contributed by atoms with Gasteiger partial charge in [0.15, 0.2) is 0 Å². The number of fused-ring (bicyclic) bond motifs is 1. The molecule has 3 unspecified atom stereocenters. The lowest BCUT2D eigenvalue weighted by molar-refractivity contribution is 0.289. The molecule has 0 bridgehead atoms. The van der Waals surface area contributed by atoms with Crippen molar-refractivity contribution in [2.75, 3.05) is 13.6 Å². The lowest BCUT2D eigenvalue weighted by Crippen LogP contribution is -2.39. The third kappa shape index (κ3) is 2.95. The van der Waals surface area contributed by atoms with E-state index in [9.17, 15) is 0 Å². The number of nitrogens with one attached hydrogen (secondary N) is 1. The predicted molar refractivity (Wildman–Crippen MR) is 77.9 cm³/mol. The minimum atomic E-state index is 0.724. The molecule has 2 nitrogen and oxygen atoms in total. The third-order valence-electron chi connectivity index (χ3n) is 4.51. The number of likely N-dealkylation sites (N-methyl/N-ethyl adjacent to an activating group) is 1. The van der Waals surface area contributed by atoms with Crippen LogP contribution in [0.5, 0.6) is 0 Å². The van der Waals surface area contributed by atoms with E-state index in [0.717, 1.165) is 24.5 Å². The summed E-state index contributed by atoms with van der Waals surface area (Å²) in [5.74, 6) is 0.971. The number of thiophene rings is 1. The van der Waals surface area contributed by atoms with Crippen molar-refractivity contribution in [2.45, 2.75) is 50.7 Å². The molecule has 1 aromatic rings. The molecule has 1 saturated heterocycles. The topological polar surface area (TPSA) is 15.3 Å². The summed E-state index contributed by atoms with van der Waals surface area (Å²) < 4.78 is 0. The second-order valence-electron chi connectivity index (χ2n) is 6.08. The summed E-state index contributed by atoms with van der Waals surface area (Å²) in [5.41, 5.74) is 1.46. The van der Waals surface area contributed by atoms with Gasteiger partial charge in [-0.3, -0.25) is 0 Å². The van der Waals surface area contributed by atoms with E-state index in [2.05, 4.69) is 34.1 Å². The van der Waals surface area contributed by atoms with E-state index in [0.29, 0.717) is 0 Å². The molecule has 2 fully saturated rings. The predicted octanol–water partition coefficient (Wildman–Crippen LogP) is 3.10. The van der Waals surface area contributed by atoms with Crippen molar-refractivity contribution in [2.24, 2.45) is 5.92 Å². The van der Waals surface area contributed by atoms with Crippen LogP contribution >= 0.6 is 11.3 Å². The van der Waals surface area contributed by atoms with Crippen molar-refractivity contribution in [1.29, 1.82) is 0 Å². The SMILES string of the molecule is CN(Cc1ccsc1)CC1CC2CCCCC2N1. The van der Waals surface area contributed by atoms with Crippen molar-refractivity contribution >= 4 is 11.3 Å². The molecule has 18 heavy (non-hydrogen) atoms. The molecule has 1 N–H and O–H groups in total. The van der Waals surface area contributed by atoms with Gasteiger partial charge < -0.3 is 10.2 Å². The van der Waals surface area contributed by atoms with Gasteiger partial charge in [0.05, 0.1) is 0 Å². The van der Waals surface area contributed by atoms with Gasteiger partial charge in [0.2, 0.25) is 0 Å². The van der Waals surface area contributed by atoms with Crippen molar-refractivity contribution in [3.05, 3.63) is 22.4 Å². The number of hydrogen-bond donors (Lipinski definition) is 1. The molecule has 100 valence electrons. The Hall–Kier alpha value is -0.380. The molecule has 1 saturated carbocycles. The van der Waals surface area contributed by atoms with Gasteiger partial charge in [-0.2, -0.15) is 11.3 Å². The minimum absolute atomic E-state index is 0.724. The van der Waals surface area contributed by atoms with Gasteiger partial charge in [-0.15, -0.1) is 0 Å². The quantitative estimate of drug-likeness (QED) is 0.899. The standard InChI is InChI=1S/C15H24N2S/c1-17(9-12-6-7-18-11-12)10-14-8-13-4-2-3-5-15(13)16-14/h6-7,11,13-16H,2-5,8-10H2,1H3. The van der Waals surface area contributed by atoms with E-state index in [-0.39, 0.29) is 0 Å². The molecule has 1 aliphatic carbocycles. The maximum Gasteiger partial charge on any atom is 0.0239 e. The molecule has 1 aromatic heterocycles. The molecule has 0 amide bonds. The Bertz CT molecular complexity index is 349. The first-order chi connectivity index (χ1) is 8.81. The van der Waals surface area contributed by atoms with Crippen LogP contribution in [-0.4, -0.2) is 30.6 Å². The second kappa shape index (κ2) is 5.72. The molecule has 0 aromatic carbocycles. The van der Waals surface area contributed by atoms with Gasteiger partial charge in [0, 0.05) is 25.2 Å². The van der Waals surface area contributed by atoms with E-state index in [1.165, 1.54) is 44.2 Å². The molecule has 1 aliphatic heterocycles. The Balaban J connectivity index is 1.48. The largest absolute Gasteiger partial charge is 0.310 e. The average Bonchev–Trinajstić information content (AvgIpc) is 2.96. The number of nitrogens with zero attached hydrogens (tertiary/aromatic N) is 1. The zero-order valence-electron chi connectivity index (χ0n) is 11.3. The molecule has 3 heteroatoms. The summed E-state index contributed by atoms with van der Waals surface area (Å²) in [7, 11) is 2.25. The highest BCUT2D eigenvalue weighted by atomic mass is 32.1. The van der Waals surface area contributed by atoms with E-state index >= 15 is 0 Å². The Kier molecular flexibility index (Phi) is 4.02. The smallest absolute Gasteiger partial charge is 0.0239 e. The fraction of sp³-hybridized carbons (Fsp3) is 0.733. The van der Waals surface area contributed by atoms with Crippen LogP contribution in [0.4, 0.5) is 0 Å². The summed E-state index contributed by atoms with van der Waals surface area (Å²) >= 11 is 1.80. The fourth-order valence-corrected chi connectivity index (χ4v) is 4.37. The van der Waals surface area contributed by atoms with Gasteiger partial charge in [-0.05, 0) is 54.6 Å². The summed E-state index contributed by atoms with van der Waals surface area (Å²) in [5, 5.41) is 8.30. The molecule has 3 rings (SSSR count). The van der Waals surface area contributed by atoms with E-state index in [4.69, 9.17) is 0 Å². The fourth-order valence-electron chi connectivity index (χ4n) is 3.71. The summed E-state index contributed by atoms with van der Waals surface area (Å²) in [6, 6.07) is 3.79. The zero-order chi connectivity index (χ0) is 12.4. The van der Waals surface area contributed by atoms with E-state index in [1.54, 1.807) is 11.3 Å². The highest BCUT2D eigenvalue weighted by molar-refractivity contribution is 7.07. The Morgan fingerprint density at radius 2 is 2.28 bits per heavy atom. The van der Waals surface area contributed by atoms with Gasteiger partial charge in [0.25, 0.3) is 0 Å². The highest BCUT2D eigenvalue weighted by Gasteiger charge is 2.35. The first kappa shape index (κ1) is 12.6. The van der Waals surface area contributed by atoms with Gasteiger partial charge in [0.1, 0.15) is 0 Å². The van der Waals surface area contributed by atoms with Crippen LogP contribution in [0.1, 0.15) is 37.7 Å². The highest BCUT2D eigenvalue weighted by Crippen LogP contribution is 2.33. The monoisotopic (exact) mass is 264 g/mol. The number of rotatable bonds is 4. The molecule has 0 radical (unpaired) electrons. The Labute approximate surface area is 114 Å². The van der Waals surface area contributed by atoms with Crippen molar-refractivity contribution in [1.82, 2.24) is 10.2 Å². The molecule has 2 heterocycles. The van der Waals surface area contributed by atoms with Crippen molar-refractivity contribution in [3.8, 4) is 0 Å². The minimum Gasteiger partial charge on any atom is -0.310 e. The average molecular weight is 264 g/mol. The maximum atomic E-state index is 3.86. The maximum absolute atomic E-state index is 3.86. The molecule has 2 aliphatic rings. The molecular formula is C15H24N2S. The lowest BCUT2D eigenvalue weighted by Gasteiger charge is -2.24. The normalized spacial score (nSPS) is 31.8. The lowest BCUT2D eigenvalue weighted by atomic mass is 9.85. The van der Waals surface area contributed by atoms with E-state index < -0.39 is 0 Å². The van der Waals surface area contributed by atoms with Crippen LogP contribution < -0.4 is 5.32 Å². The second-order valence-corrected chi connectivity index (χ2v) is 6.86. The van der Waals surface area contributed by atoms with E-state index in [1.807, 2.05) is 0 Å². The summed E-state index contributed by atoms with van der Waals surface area (Å²) in [4.78, 5) is 2.47. The first-order valence-electron chi connectivity index (χ1n) is 7.27. The number of hydrogen-bond acceptors (Lipinski definition) is 3. The van der Waals surface area contributed by atoms with Crippen LogP contribution in [0.15, 0.2) is 16.8 Å². The van der Waals surface area contributed by atoms with Crippen LogP contribution in [0, 0.1) is 5.92 Å². The molecule has 3 atom stereocenters. The van der Waals surface area contributed by atoms with Gasteiger partial charge in [-0.1, -0.05) is 12.8 Å². The van der Waals surface area contributed by atoms with Crippen LogP contribution in [-0.2, 0) is 6.54 Å². The van der Waals surface area contributed by atoms with Crippen molar-refractivity contribution in [3.63, 3.8) is 0 Å². The Morgan fingerprint density at radius 3 is 3.06 bits per heavy atom. The Morgan fingerprint density at radius 1 is 1.39 bits per heavy atom. The first-order valence-corrected chi connectivity index (χ1v) is 8.21. The van der Waals surface area contributed by atoms with Gasteiger partial charge >= 0.3 is 0 Å². The van der Waals surface area contributed by atoms with Crippen LogP contribution in [0.2, 0.25) is 0 Å². The zero-order valence-corrected chi connectivity index (χ0v) is 12.1. The third-order valence-corrected chi connectivity index (χ3v) is 5.24. The van der Waals surface area contributed by atoms with Crippen LogP contribution in [0.3, 0.4) is 0 Å². The molecular weight excluding hydrogens is 240 g/mol. The van der Waals surface area contributed by atoms with Crippen molar-refractivity contribution < 1.29 is 0 Å². The summed E-state index contributed by atoms with van der Waals surface area (Å²) in [6.07, 6.45) is 7.17.